The van der Waals surface area contributed by atoms with Crippen molar-refractivity contribution in [3.63, 3.8) is 0 Å². The lowest BCUT2D eigenvalue weighted by Gasteiger charge is -2.09. The zero-order valence-corrected chi connectivity index (χ0v) is 9.57. The molecule has 0 saturated heterocycles. The Labute approximate surface area is 98.2 Å². The summed E-state index contributed by atoms with van der Waals surface area (Å²) < 4.78 is 9.65. The third kappa shape index (κ3) is 4.71. The van der Waals surface area contributed by atoms with Crippen molar-refractivity contribution in [1.82, 2.24) is 0 Å². The van der Waals surface area contributed by atoms with Crippen molar-refractivity contribution < 1.29 is 14.3 Å². The molecule has 84 valence electrons. The van der Waals surface area contributed by atoms with Crippen LogP contribution in [-0.4, -0.2) is 11.6 Å². The molecule has 0 saturated carbocycles. The van der Waals surface area contributed by atoms with E-state index in [2.05, 4.69) is 0 Å². The summed E-state index contributed by atoms with van der Waals surface area (Å²) in [5.74, 6) is 0. The molecule has 0 aromatic heterocycles. The molecule has 5 heteroatoms. The summed E-state index contributed by atoms with van der Waals surface area (Å²) in [5, 5.41) is 10.2. The minimum atomic E-state index is -0.765. The van der Waals surface area contributed by atoms with E-state index in [0.717, 1.165) is 17.3 Å². The maximum absolute atomic E-state index is 11.1. The number of carbonyl (C=O) groups is 1. The van der Waals surface area contributed by atoms with E-state index in [1.807, 2.05) is 35.7 Å². The second-order valence-electron chi connectivity index (χ2n) is 2.92. The number of benzene rings is 1. The molecule has 0 amide bonds. The average Bonchev–Trinajstić information content (AvgIpc) is 2.28. The molecule has 0 spiro atoms. The van der Waals surface area contributed by atoms with Gasteiger partial charge in [0.2, 0.25) is 0 Å². The van der Waals surface area contributed by atoms with E-state index in [-0.39, 0.29) is 6.61 Å². The minimum absolute atomic E-state index is 0.170. The van der Waals surface area contributed by atoms with Crippen LogP contribution in [0.1, 0.15) is 12.5 Å². The number of thioether (sulfide) groups is 1. The number of hydrogen-bond donors (Lipinski definition) is 0. The molecule has 0 N–H and O–H groups in total. The first-order valence-electron chi connectivity index (χ1n) is 4.64. The highest BCUT2D eigenvalue weighted by molar-refractivity contribution is 8.04. The largest absolute Gasteiger partial charge is 0.509 e. The normalized spacial score (nSPS) is 11.2. The molecule has 0 aliphatic rings. The summed E-state index contributed by atoms with van der Waals surface area (Å²) in [6.07, 6.45) is -0.765. The number of nitrogens with zero attached hydrogens (tertiary/aromatic N) is 1. The van der Waals surface area contributed by atoms with E-state index in [1.54, 1.807) is 6.92 Å². The predicted octanol–water partition coefficient (Wildman–Crippen LogP) is 2.90. The Balaban J connectivity index is 2.28. The average molecular weight is 237 g/mol. The smallest absolute Gasteiger partial charge is 0.429 e. The molecule has 0 heterocycles. The Bertz CT molecular complexity index is 375. The number of thiocyanates is 1. The predicted molar refractivity (Wildman–Crippen MR) is 60.4 cm³/mol. The van der Waals surface area contributed by atoms with E-state index in [4.69, 9.17) is 14.7 Å². The Morgan fingerprint density at radius 3 is 2.81 bits per heavy atom. The van der Waals surface area contributed by atoms with Crippen molar-refractivity contribution in [2.24, 2.45) is 0 Å². The van der Waals surface area contributed by atoms with E-state index in [9.17, 15) is 4.79 Å². The summed E-state index contributed by atoms with van der Waals surface area (Å²) in [4.78, 5) is 11.1. The van der Waals surface area contributed by atoms with Gasteiger partial charge in [-0.05, 0) is 24.2 Å². The number of carbonyl (C=O) groups excluding carboxylic acids is 1. The molecule has 4 nitrogen and oxygen atoms in total. The fourth-order valence-corrected chi connectivity index (χ4v) is 1.26. The lowest BCUT2D eigenvalue weighted by molar-refractivity contribution is 0.0463. The standard InChI is InChI=1S/C11H11NO3S/c1-9(16-8-12)15-11(13)14-7-10-5-3-2-4-6-10/h2-6,9H,7H2,1H3. The van der Waals surface area contributed by atoms with Gasteiger partial charge in [0.05, 0.1) is 0 Å². The van der Waals surface area contributed by atoms with Crippen LogP contribution >= 0.6 is 11.8 Å². The van der Waals surface area contributed by atoms with Gasteiger partial charge in [-0.3, -0.25) is 0 Å². The zero-order chi connectivity index (χ0) is 11.8. The molecule has 0 bridgehead atoms. The van der Waals surface area contributed by atoms with Crippen molar-refractivity contribution in [3.8, 4) is 5.40 Å². The Morgan fingerprint density at radius 1 is 1.50 bits per heavy atom. The molecule has 0 aliphatic carbocycles. The Hall–Kier alpha value is -1.67. The highest BCUT2D eigenvalue weighted by Gasteiger charge is 2.10. The summed E-state index contributed by atoms with van der Waals surface area (Å²) in [6, 6.07) is 9.30. The quantitative estimate of drug-likeness (QED) is 0.458. The van der Waals surface area contributed by atoms with Crippen molar-refractivity contribution in [2.45, 2.75) is 19.0 Å². The van der Waals surface area contributed by atoms with Crippen molar-refractivity contribution in [2.75, 3.05) is 0 Å². The van der Waals surface area contributed by atoms with Gasteiger partial charge < -0.3 is 9.47 Å². The topological polar surface area (TPSA) is 59.3 Å². The van der Waals surface area contributed by atoms with Crippen LogP contribution in [0.25, 0.3) is 0 Å². The molecular weight excluding hydrogens is 226 g/mol. The molecule has 16 heavy (non-hydrogen) atoms. The van der Waals surface area contributed by atoms with Crippen LogP contribution in [-0.2, 0) is 16.1 Å². The van der Waals surface area contributed by atoms with E-state index in [0.29, 0.717) is 0 Å². The fourth-order valence-electron chi connectivity index (χ4n) is 0.984. The first-order valence-corrected chi connectivity index (χ1v) is 5.52. The van der Waals surface area contributed by atoms with Gasteiger partial charge in [0.25, 0.3) is 0 Å². The van der Waals surface area contributed by atoms with Gasteiger partial charge in [0.15, 0.2) is 5.44 Å². The molecule has 1 rings (SSSR count). The van der Waals surface area contributed by atoms with Crippen molar-refractivity contribution >= 4 is 17.9 Å². The van der Waals surface area contributed by atoms with Gasteiger partial charge in [0, 0.05) is 0 Å². The van der Waals surface area contributed by atoms with E-state index >= 15 is 0 Å². The summed E-state index contributed by atoms with van der Waals surface area (Å²) in [6.45, 7) is 1.78. The van der Waals surface area contributed by atoms with E-state index in [1.165, 1.54) is 0 Å². The number of hydrogen-bond acceptors (Lipinski definition) is 5. The maximum Gasteiger partial charge on any atom is 0.509 e. The summed E-state index contributed by atoms with van der Waals surface area (Å²) >= 11 is 0.864. The van der Waals surface area contributed by atoms with Crippen LogP contribution in [0.2, 0.25) is 0 Å². The van der Waals surface area contributed by atoms with Gasteiger partial charge in [-0.25, -0.2) is 4.79 Å². The van der Waals surface area contributed by atoms with Crippen molar-refractivity contribution in [3.05, 3.63) is 35.9 Å². The monoisotopic (exact) mass is 237 g/mol. The van der Waals surface area contributed by atoms with Crippen LogP contribution in [0, 0.1) is 10.7 Å². The third-order valence-corrected chi connectivity index (χ3v) is 2.21. The van der Waals surface area contributed by atoms with Crippen LogP contribution in [0.5, 0.6) is 0 Å². The van der Waals surface area contributed by atoms with Gasteiger partial charge in [-0.15, -0.1) is 0 Å². The molecule has 1 atom stereocenters. The number of rotatable bonds is 4. The van der Waals surface area contributed by atoms with Crippen LogP contribution in [0.15, 0.2) is 30.3 Å². The Kier molecular flexibility index (Phi) is 5.23. The lowest BCUT2D eigenvalue weighted by atomic mass is 10.2. The maximum atomic E-state index is 11.1. The van der Waals surface area contributed by atoms with Gasteiger partial charge in [0.1, 0.15) is 12.0 Å². The molecule has 1 unspecified atom stereocenters. The first kappa shape index (κ1) is 12.4. The highest BCUT2D eigenvalue weighted by atomic mass is 32.2. The fraction of sp³-hybridized carbons (Fsp3) is 0.273. The number of ether oxygens (including phenoxy) is 2. The van der Waals surface area contributed by atoms with Gasteiger partial charge >= 0.3 is 6.16 Å². The molecular formula is C11H11NO3S. The lowest BCUT2D eigenvalue weighted by Crippen LogP contribution is -2.12. The number of nitriles is 1. The molecule has 0 fully saturated rings. The Morgan fingerprint density at radius 2 is 2.19 bits per heavy atom. The first-order chi connectivity index (χ1) is 7.72. The molecule has 0 radical (unpaired) electrons. The SMILES string of the molecule is CC(OC(=O)OCc1ccccc1)SC#N. The van der Waals surface area contributed by atoms with Crippen LogP contribution in [0.3, 0.4) is 0 Å². The van der Waals surface area contributed by atoms with Crippen LogP contribution in [0.4, 0.5) is 4.79 Å². The van der Waals surface area contributed by atoms with E-state index < -0.39 is 11.6 Å². The highest BCUT2D eigenvalue weighted by Crippen LogP contribution is 2.10. The zero-order valence-electron chi connectivity index (χ0n) is 8.75. The van der Waals surface area contributed by atoms with Crippen molar-refractivity contribution in [1.29, 1.82) is 5.26 Å². The second-order valence-corrected chi connectivity index (χ2v) is 4.00. The molecule has 0 aliphatic heterocycles. The molecule has 1 aromatic carbocycles. The molecule has 1 aromatic rings. The summed E-state index contributed by atoms with van der Waals surface area (Å²) in [5.41, 5.74) is 0.369. The second kappa shape index (κ2) is 6.75. The van der Waals surface area contributed by atoms with Gasteiger partial charge in [-0.2, -0.15) is 5.26 Å². The minimum Gasteiger partial charge on any atom is -0.429 e. The van der Waals surface area contributed by atoms with Crippen LogP contribution < -0.4 is 0 Å². The third-order valence-electron chi connectivity index (χ3n) is 1.68. The van der Waals surface area contributed by atoms with Gasteiger partial charge in [-0.1, -0.05) is 30.3 Å². The summed E-state index contributed by atoms with van der Waals surface area (Å²) in [7, 11) is 0.